The van der Waals surface area contributed by atoms with Crippen molar-refractivity contribution < 1.29 is 4.74 Å². The summed E-state index contributed by atoms with van der Waals surface area (Å²) in [7, 11) is 0. The number of hydrogen-bond donors (Lipinski definition) is 0. The third-order valence-corrected chi connectivity index (χ3v) is 2.76. The smallest absolute Gasteiger partial charge is 0.0641 e. The van der Waals surface area contributed by atoms with Gasteiger partial charge in [-0.1, -0.05) is 6.92 Å². The average Bonchev–Trinajstić information content (AvgIpc) is 2.58. The second-order valence-corrected chi connectivity index (χ2v) is 3.81. The van der Waals surface area contributed by atoms with Gasteiger partial charge in [-0.25, -0.2) is 0 Å². The van der Waals surface area contributed by atoms with Gasteiger partial charge in [-0.15, -0.1) is 0 Å². The molecule has 0 unspecified atom stereocenters. The van der Waals surface area contributed by atoms with Gasteiger partial charge in [0.1, 0.15) is 0 Å². The highest BCUT2D eigenvalue weighted by Crippen LogP contribution is 2.15. The number of pyridine rings is 1. The molecule has 0 saturated carbocycles. The Hall–Kier alpha value is -1.09. The molecule has 82 valence electrons. The normalized spacial score (nSPS) is 17.5. The second-order valence-electron chi connectivity index (χ2n) is 3.81. The van der Waals surface area contributed by atoms with Crippen LogP contribution in [0.3, 0.4) is 0 Å². The zero-order valence-corrected chi connectivity index (χ0v) is 9.28. The van der Waals surface area contributed by atoms with E-state index in [0.29, 0.717) is 0 Å². The van der Waals surface area contributed by atoms with Gasteiger partial charge in [-0.3, -0.25) is 4.98 Å². The quantitative estimate of drug-likeness (QED) is 0.738. The lowest BCUT2D eigenvalue weighted by atomic mass is 10.2. The van der Waals surface area contributed by atoms with Crippen LogP contribution < -0.4 is 4.90 Å². The van der Waals surface area contributed by atoms with Gasteiger partial charge in [0.2, 0.25) is 0 Å². The van der Waals surface area contributed by atoms with E-state index in [0.717, 1.165) is 44.8 Å². The molecule has 1 fully saturated rings. The van der Waals surface area contributed by atoms with E-state index in [1.165, 1.54) is 5.69 Å². The number of anilines is 1. The van der Waals surface area contributed by atoms with Gasteiger partial charge in [-0.2, -0.15) is 0 Å². The number of rotatable bonds is 2. The van der Waals surface area contributed by atoms with Crippen LogP contribution in [0.25, 0.3) is 0 Å². The van der Waals surface area contributed by atoms with Crippen molar-refractivity contribution in [2.75, 3.05) is 31.2 Å². The number of aromatic nitrogens is 1. The highest BCUT2D eigenvalue weighted by atomic mass is 16.5. The van der Waals surface area contributed by atoms with Crippen molar-refractivity contribution in [2.24, 2.45) is 0 Å². The van der Waals surface area contributed by atoms with E-state index in [2.05, 4.69) is 28.9 Å². The maximum atomic E-state index is 5.43. The molecule has 2 rings (SSSR count). The first-order chi connectivity index (χ1) is 7.40. The number of aryl methyl sites for hydroxylation is 1. The van der Waals surface area contributed by atoms with Crippen molar-refractivity contribution in [1.29, 1.82) is 0 Å². The molecule has 1 aliphatic rings. The van der Waals surface area contributed by atoms with Crippen LogP contribution in [-0.2, 0) is 11.2 Å². The average molecular weight is 206 g/mol. The third-order valence-electron chi connectivity index (χ3n) is 2.76. The van der Waals surface area contributed by atoms with Crippen molar-refractivity contribution in [1.82, 2.24) is 4.98 Å². The van der Waals surface area contributed by atoms with Crippen LogP contribution in [-0.4, -0.2) is 31.3 Å². The maximum absolute atomic E-state index is 5.43. The lowest BCUT2D eigenvalue weighted by Crippen LogP contribution is -2.25. The summed E-state index contributed by atoms with van der Waals surface area (Å²) in [6, 6.07) is 4.28. The Labute approximate surface area is 91.1 Å². The molecule has 0 aromatic carbocycles. The molecular weight excluding hydrogens is 188 g/mol. The molecule has 0 amide bonds. The molecule has 3 heteroatoms. The van der Waals surface area contributed by atoms with Crippen LogP contribution in [0.4, 0.5) is 5.69 Å². The maximum Gasteiger partial charge on any atom is 0.0641 e. The zero-order chi connectivity index (χ0) is 10.5. The van der Waals surface area contributed by atoms with Crippen LogP contribution in [0.2, 0.25) is 0 Å². The van der Waals surface area contributed by atoms with E-state index in [1.807, 2.05) is 6.20 Å². The summed E-state index contributed by atoms with van der Waals surface area (Å²) in [6.45, 7) is 5.90. The lowest BCUT2D eigenvalue weighted by molar-refractivity contribution is 0.152. The first kappa shape index (κ1) is 10.4. The van der Waals surface area contributed by atoms with E-state index in [-0.39, 0.29) is 0 Å². The fourth-order valence-corrected chi connectivity index (χ4v) is 1.82. The van der Waals surface area contributed by atoms with Gasteiger partial charge in [0.15, 0.2) is 0 Å². The fourth-order valence-electron chi connectivity index (χ4n) is 1.82. The van der Waals surface area contributed by atoms with Crippen molar-refractivity contribution in [3.05, 3.63) is 24.0 Å². The van der Waals surface area contributed by atoms with Crippen LogP contribution in [0, 0.1) is 0 Å². The molecular formula is C12H18N2O. The zero-order valence-electron chi connectivity index (χ0n) is 9.28. The predicted molar refractivity (Wildman–Crippen MR) is 61.3 cm³/mol. The van der Waals surface area contributed by atoms with Crippen molar-refractivity contribution in [3.63, 3.8) is 0 Å². The summed E-state index contributed by atoms with van der Waals surface area (Å²) in [5.74, 6) is 0. The Morgan fingerprint density at radius 1 is 1.33 bits per heavy atom. The highest BCUT2D eigenvalue weighted by Gasteiger charge is 2.09. The molecule has 0 spiro atoms. The van der Waals surface area contributed by atoms with E-state index in [1.54, 1.807) is 0 Å². The van der Waals surface area contributed by atoms with E-state index < -0.39 is 0 Å². The van der Waals surface area contributed by atoms with Crippen molar-refractivity contribution >= 4 is 5.69 Å². The standard InChI is InChI=1S/C12H18N2O/c1-2-11-4-5-12(10-13-11)14-6-3-8-15-9-7-14/h4-5,10H,2-3,6-9H2,1H3. The van der Waals surface area contributed by atoms with Gasteiger partial charge in [-0.05, 0) is 25.0 Å². The van der Waals surface area contributed by atoms with Crippen molar-refractivity contribution in [2.45, 2.75) is 19.8 Å². The van der Waals surface area contributed by atoms with Crippen LogP contribution in [0.1, 0.15) is 19.0 Å². The Morgan fingerprint density at radius 2 is 2.27 bits per heavy atom. The van der Waals surface area contributed by atoms with Crippen LogP contribution >= 0.6 is 0 Å². The summed E-state index contributed by atoms with van der Waals surface area (Å²) in [4.78, 5) is 6.77. The second kappa shape index (κ2) is 5.12. The summed E-state index contributed by atoms with van der Waals surface area (Å²) in [5.41, 5.74) is 2.38. The molecule has 1 aliphatic heterocycles. The molecule has 3 nitrogen and oxygen atoms in total. The minimum Gasteiger partial charge on any atom is -0.380 e. The number of ether oxygens (including phenoxy) is 1. The molecule has 1 saturated heterocycles. The molecule has 15 heavy (non-hydrogen) atoms. The van der Waals surface area contributed by atoms with Gasteiger partial charge in [0, 0.05) is 25.4 Å². The summed E-state index contributed by atoms with van der Waals surface area (Å²) < 4.78 is 5.43. The lowest BCUT2D eigenvalue weighted by Gasteiger charge is -2.21. The fraction of sp³-hybridized carbons (Fsp3) is 0.583. The Kier molecular flexibility index (Phi) is 3.56. The van der Waals surface area contributed by atoms with Gasteiger partial charge in [0.05, 0.1) is 18.5 Å². The van der Waals surface area contributed by atoms with Crippen molar-refractivity contribution in [3.8, 4) is 0 Å². The highest BCUT2D eigenvalue weighted by molar-refractivity contribution is 5.44. The Morgan fingerprint density at radius 3 is 3.00 bits per heavy atom. The van der Waals surface area contributed by atoms with E-state index in [9.17, 15) is 0 Å². The first-order valence-electron chi connectivity index (χ1n) is 5.68. The molecule has 0 N–H and O–H groups in total. The molecule has 2 heterocycles. The van der Waals surface area contributed by atoms with E-state index >= 15 is 0 Å². The SMILES string of the molecule is CCc1ccc(N2CCCOCC2)cn1. The number of nitrogens with zero attached hydrogens (tertiary/aromatic N) is 2. The first-order valence-corrected chi connectivity index (χ1v) is 5.68. The minimum absolute atomic E-state index is 0.829. The summed E-state index contributed by atoms with van der Waals surface area (Å²) >= 11 is 0. The van der Waals surface area contributed by atoms with Crippen LogP contribution in [0.5, 0.6) is 0 Å². The van der Waals surface area contributed by atoms with Crippen LogP contribution in [0.15, 0.2) is 18.3 Å². The Balaban J connectivity index is 2.06. The van der Waals surface area contributed by atoms with Gasteiger partial charge in [0.25, 0.3) is 0 Å². The predicted octanol–water partition coefficient (Wildman–Crippen LogP) is 1.87. The van der Waals surface area contributed by atoms with E-state index in [4.69, 9.17) is 4.74 Å². The molecule has 0 aliphatic carbocycles. The molecule has 0 atom stereocenters. The monoisotopic (exact) mass is 206 g/mol. The number of hydrogen-bond acceptors (Lipinski definition) is 3. The largest absolute Gasteiger partial charge is 0.380 e. The molecule has 0 radical (unpaired) electrons. The third kappa shape index (κ3) is 2.69. The topological polar surface area (TPSA) is 25.4 Å². The van der Waals surface area contributed by atoms with Gasteiger partial charge < -0.3 is 9.64 Å². The Bertz CT molecular complexity index is 289. The van der Waals surface area contributed by atoms with Gasteiger partial charge >= 0.3 is 0 Å². The summed E-state index contributed by atoms with van der Waals surface area (Å²) in [5, 5.41) is 0. The molecule has 1 aromatic rings. The minimum atomic E-state index is 0.829. The molecule has 1 aromatic heterocycles. The summed E-state index contributed by atoms with van der Waals surface area (Å²) in [6.07, 6.45) is 4.09. The molecule has 0 bridgehead atoms.